The van der Waals surface area contributed by atoms with Gasteiger partial charge in [-0.15, -0.1) is 0 Å². The summed E-state index contributed by atoms with van der Waals surface area (Å²) in [6.07, 6.45) is 11.5. The first-order valence-electron chi connectivity index (χ1n) is 11.2. The molecular weight excluding hydrogens is 424 g/mol. The van der Waals surface area contributed by atoms with E-state index in [1.54, 1.807) is 18.2 Å². The Morgan fingerprint density at radius 3 is 2.75 bits per heavy atom. The molecule has 1 saturated carbocycles. The van der Waals surface area contributed by atoms with Gasteiger partial charge in [-0.25, -0.2) is 4.79 Å². The van der Waals surface area contributed by atoms with Crippen molar-refractivity contribution in [3.63, 3.8) is 0 Å². The van der Waals surface area contributed by atoms with Crippen LogP contribution in [0.5, 0.6) is 0 Å². The maximum absolute atomic E-state index is 12.5. The second-order valence-corrected chi connectivity index (χ2v) is 10.3. The molecule has 4 nitrogen and oxygen atoms in total. The first-order valence-corrected chi connectivity index (χ1v) is 11.6. The lowest BCUT2D eigenvalue weighted by Crippen LogP contribution is -2.56. The second-order valence-electron chi connectivity index (χ2n) is 9.85. The lowest BCUT2D eigenvalue weighted by Gasteiger charge is -2.58. The Labute approximate surface area is 194 Å². The number of halogens is 1. The quantitative estimate of drug-likeness (QED) is 0.468. The van der Waals surface area contributed by atoms with Crippen LogP contribution in [0, 0.1) is 22.7 Å². The van der Waals surface area contributed by atoms with E-state index in [1.807, 2.05) is 31.2 Å². The van der Waals surface area contributed by atoms with Crippen LogP contribution in [0.15, 0.2) is 65.5 Å². The molecule has 0 amide bonds. The Bertz CT molecular complexity index is 1040. The molecule has 5 atom stereocenters. The van der Waals surface area contributed by atoms with Gasteiger partial charge in [-0.2, -0.15) is 0 Å². The average Bonchev–Trinajstić information content (AvgIpc) is 3.11. The van der Waals surface area contributed by atoms with Crippen molar-refractivity contribution in [1.82, 2.24) is 0 Å². The molecule has 0 saturated heterocycles. The number of ether oxygens (including phenoxy) is 1. The van der Waals surface area contributed by atoms with Crippen molar-refractivity contribution in [2.24, 2.45) is 22.7 Å². The summed E-state index contributed by atoms with van der Waals surface area (Å²) in [4.78, 5) is 12.5. The minimum Gasteiger partial charge on any atom is -0.423 e. The van der Waals surface area contributed by atoms with Gasteiger partial charge in [0.05, 0.1) is 18.3 Å². The smallest absolute Gasteiger partial charge is 0.343 e. The number of aliphatic hydroxyl groups is 2. The zero-order chi connectivity index (χ0) is 23.1. The number of hydrogen-bond acceptors (Lipinski definition) is 4. The van der Waals surface area contributed by atoms with E-state index in [4.69, 9.17) is 16.3 Å². The molecule has 1 aromatic carbocycles. The van der Waals surface area contributed by atoms with E-state index < -0.39 is 11.5 Å². The van der Waals surface area contributed by atoms with Crippen LogP contribution in [-0.2, 0) is 9.53 Å². The summed E-state index contributed by atoms with van der Waals surface area (Å²) in [7, 11) is 0. The molecule has 1 heterocycles. The van der Waals surface area contributed by atoms with E-state index >= 15 is 0 Å². The number of hydrogen-bond donors (Lipinski definition) is 2. The molecule has 32 heavy (non-hydrogen) atoms. The zero-order valence-corrected chi connectivity index (χ0v) is 19.6. The van der Waals surface area contributed by atoms with E-state index in [2.05, 4.69) is 26.0 Å². The third kappa shape index (κ3) is 3.89. The third-order valence-corrected chi connectivity index (χ3v) is 8.29. The van der Waals surface area contributed by atoms with Crippen molar-refractivity contribution in [2.75, 3.05) is 6.61 Å². The highest BCUT2D eigenvalue weighted by molar-refractivity contribution is 6.32. The second kappa shape index (κ2) is 8.66. The van der Waals surface area contributed by atoms with E-state index in [9.17, 15) is 15.0 Å². The van der Waals surface area contributed by atoms with Gasteiger partial charge in [0.1, 0.15) is 5.76 Å². The highest BCUT2D eigenvalue weighted by Crippen LogP contribution is 2.60. The van der Waals surface area contributed by atoms with Crippen LogP contribution in [0.1, 0.15) is 45.6 Å². The van der Waals surface area contributed by atoms with Crippen LogP contribution in [-0.4, -0.2) is 28.9 Å². The van der Waals surface area contributed by atoms with Crippen molar-refractivity contribution in [2.45, 2.75) is 46.1 Å². The number of rotatable bonds is 4. The minimum atomic E-state index is -0.535. The first-order chi connectivity index (χ1) is 15.2. The average molecular weight is 455 g/mol. The summed E-state index contributed by atoms with van der Waals surface area (Å²) >= 11 is 6.22. The van der Waals surface area contributed by atoms with Crippen LogP contribution >= 0.6 is 11.6 Å². The van der Waals surface area contributed by atoms with Crippen LogP contribution in [0.25, 0.3) is 6.08 Å². The van der Waals surface area contributed by atoms with Gasteiger partial charge in [0.25, 0.3) is 0 Å². The Kier molecular flexibility index (Phi) is 6.23. The molecule has 1 aromatic rings. The number of cyclic esters (lactones) is 1. The number of allylic oxidation sites excluding steroid dienone is 4. The third-order valence-electron chi connectivity index (χ3n) is 7.94. The number of benzene rings is 1. The molecule has 5 heteroatoms. The van der Waals surface area contributed by atoms with Gasteiger partial charge in [-0.3, -0.25) is 0 Å². The predicted molar refractivity (Wildman–Crippen MR) is 127 cm³/mol. The lowest BCUT2D eigenvalue weighted by atomic mass is 9.47. The van der Waals surface area contributed by atoms with Crippen LogP contribution in [0.2, 0.25) is 5.02 Å². The molecule has 2 aliphatic carbocycles. The Morgan fingerprint density at radius 2 is 2.03 bits per heavy atom. The minimum absolute atomic E-state index is 0.0363. The molecule has 1 aliphatic heterocycles. The van der Waals surface area contributed by atoms with Gasteiger partial charge in [-0.1, -0.05) is 67.4 Å². The fourth-order valence-electron chi connectivity index (χ4n) is 5.93. The number of fused-ring (bicyclic) bond motifs is 1. The van der Waals surface area contributed by atoms with Crippen molar-refractivity contribution in [1.29, 1.82) is 0 Å². The standard InChI is InChI=1S/C27H31ClO4/c1-17-8-11-23-26(2,13-12-24(30)27(23,3)16-29)21(17)10-9-19-15-20(32-25(19)31)14-18-6-4-5-7-22(18)28/h4-10,14-15,21,23-24,29-30H,11-13,16H2,1-3H3/b10-9+,20-14-/t21-,23+,24-,26+,27+/m1/s1. The number of carbonyl (C=O) groups is 1. The Hall–Kier alpha value is -2.14. The monoisotopic (exact) mass is 454 g/mol. The Morgan fingerprint density at radius 1 is 1.28 bits per heavy atom. The SMILES string of the molecule is CC1=CC[C@@H]2[C@](C)(CO)[C@H](O)CC[C@@]2(C)[C@@H]1/C=C/C1=CC(=C/c2ccccc2Cl)/OC1=O. The lowest BCUT2D eigenvalue weighted by molar-refractivity contribution is -0.138. The van der Waals surface area contributed by atoms with Crippen LogP contribution < -0.4 is 0 Å². The van der Waals surface area contributed by atoms with Gasteiger partial charge in [0, 0.05) is 16.4 Å². The van der Waals surface area contributed by atoms with Crippen molar-refractivity contribution in [3.05, 3.63) is 76.1 Å². The van der Waals surface area contributed by atoms with Crippen molar-refractivity contribution < 1.29 is 19.7 Å². The van der Waals surface area contributed by atoms with Crippen molar-refractivity contribution in [3.8, 4) is 0 Å². The first kappa shape index (κ1) is 23.0. The van der Waals surface area contributed by atoms with Crippen LogP contribution in [0.4, 0.5) is 0 Å². The molecule has 3 aliphatic rings. The molecule has 2 N–H and O–H groups in total. The molecule has 0 radical (unpaired) electrons. The largest absolute Gasteiger partial charge is 0.423 e. The van der Waals surface area contributed by atoms with Gasteiger partial charge < -0.3 is 14.9 Å². The maximum Gasteiger partial charge on any atom is 0.343 e. The van der Waals surface area contributed by atoms with E-state index in [-0.39, 0.29) is 29.8 Å². The summed E-state index contributed by atoms with van der Waals surface area (Å²) in [6.45, 7) is 6.35. The summed E-state index contributed by atoms with van der Waals surface area (Å²) < 4.78 is 5.43. The molecule has 0 bridgehead atoms. The normalized spacial score (nSPS) is 36.1. The van der Waals surface area contributed by atoms with Crippen molar-refractivity contribution >= 4 is 23.6 Å². The fourth-order valence-corrected chi connectivity index (χ4v) is 6.12. The summed E-state index contributed by atoms with van der Waals surface area (Å²) in [5, 5.41) is 21.4. The molecule has 0 unspecified atom stereocenters. The van der Waals surface area contributed by atoms with Crippen LogP contribution in [0.3, 0.4) is 0 Å². The highest BCUT2D eigenvalue weighted by atomic mass is 35.5. The number of carbonyl (C=O) groups excluding carboxylic acids is 1. The summed E-state index contributed by atoms with van der Waals surface area (Å²) in [5.41, 5.74) is 1.92. The Balaban J connectivity index is 1.62. The topological polar surface area (TPSA) is 66.8 Å². The molecule has 4 rings (SSSR count). The van der Waals surface area contributed by atoms with E-state index in [0.29, 0.717) is 22.8 Å². The molecule has 0 aromatic heterocycles. The van der Waals surface area contributed by atoms with Gasteiger partial charge in [0.15, 0.2) is 0 Å². The predicted octanol–water partition coefficient (Wildman–Crippen LogP) is 5.46. The molecule has 170 valence electrons. The summed E-state index contributed by atoms with van der Waals surface area (Å²) in [6, 6.07) is 7.41. The maximum atomic E-state index is 12.5. The highest BCUT2D eigenvalue weighted by Gasteiger charge is 2.56. The summed E-state index contributed by atoms with van der Waals surface area (Å²) in [5.74, 6) is 0.363. The van der Waals surface area contributed by atoms with E-state index in [1.165, 1.54) is 5.57 Å². The van der Waals surface area contributed by atoms with Gasteiger partial charge in [0.2, 0.25) is 0 Å². The van der Waals surface area contributed by atoms with Gasteiger partial charge >= 0.3 is 5.97 Å². The zero-order valence-electron chi connectivity index (χ0n) is 18.8. The van der Waals surface area contributed by atoms with Gasteiger partial charge in [-0.05, 0) is 61.3 Å². The number of aliphatic hydroxyl groups excluding tert-OH is 2. The molecule has 0 spiro atoms. The molecule has 1 fully saturated rings. The number of esters is 1. The molecular formula is C27H31ClO4. The van der Waals surface area contributed by atoms with E-state index in [0.717, 1.165) is 18.4 Å². The fraction of sp³-hybridized carbons (Fsp3) is 0.444.